The molecule has 0 N–H and O–H groups in total. The van der Waals surface area contributed by atoms with Gasteiger partial charge in [0.1, 0.15) is 0 Å². The highest BCUT2D eigenvalue weighted by Crippen LogP contribution is 2.54. The lowest BCUT2D eigenvalue weighted by atomic mass is 9.95. The summed E-state index contributed by atoms with van der Waals surface area (Å²) in [6.45, 7) is 0. The second-order valence-electron chi connectivity index (χ2n) is 16.2. The summed E-state index contributed by atoms with van der Waals surface area (Å²) in [5.41, 5.74) is 12.2. The smallest absolute Gasteiger partial charge is 0.153 e. The second kappa shape index (κ2) is 15.8. The van der Waals surface area contributed by atoms with E-state index in [1.165, 1.54) is 5.56 Å². The van der Waals surface area contributed by atoms with Crippen LogP contribution in [0, 0.1) is 0 Å². The summed E-state index contributed by atoms with van der Waals surface area (Å²) < 4.78 is 7.13. The number of aromatic nitrogens is 2. The molecule has 9 aromatic carbocycles. The predicted octanol–water partition coefficient (Wildman–Crippen LogP) is 15.7. The van der Waals surface area contributed by atoms with Crippen LogP contribution in [-0.4, -0.2) is 16.0 Å². The molecule has 0 amide bonds. The van der Waals surface area contributed by atoms with E-state index >= 15 is 0 Å². The van der Waals surface area contributed by atoms with Gasteiger partial charge in [-0.25, -0.2) is 0 Å². The lowest BCUT2D eigenvalue weighted by Crippen LogP contribution is -2.30. The molecule has 0 spiro atoms. The number of anilines is 8. The van der Waals surface area contributed by atoms with Gasteiger partial charge >= 0.3 is 0 Å². The number of hydrogen-bond donors (Lipinski definition) is 0. The van der Waals surface area contributed by atoms with Gasteiger partial charge in [0.25, 0.3) is 0 Å². The van der Waals surface area contributed by atoms with Gasteiger partial charge in [-0.1, -0.05) is 127 Å². The van der Waals surface area contributed by atoms with Crippen LogP contribution in [0.5, 0.6) is 11.5 Å². The SMILES string of the molecule is C1=CCC(N(c2ccccc2)c2ccc3c(c2)Oc2cc(N(c4ccccc4)c4ccccc4)ccc2N3c2ccc3c4cc(-c5ccccc5)ccc4c4nccnc4c3c2)C=C1. The first-order valence-corrected chi connectivity index (χ1v) is 21.7. The molecule has 10 aromatic rings. The summed E-state index contributed by atoms with van der Waals surface area (Å²) in [6, 6.07) is 68.9. The normalized spacial score (nSPS) is 14.0. The van der Waals surface area contributed by atoms with Gasteiger partial charge in [0.2, 0.25) is 0 Å². The second-order valence-corrected chi connectivity index (χ2v) is 16.2. The standard InChI is InChI=1S/C58H41N5O/c1-6-16-40(17-7-1)41-26-30-50-51(36-41)49-31-27-46(37-52(49)58-57(50)59-34-35-60-58)63-53-32-28-47(61(42-18-8-2-9-19-42)43-20-10-3-11-21-43)38-55(53)64-56-39-48(29-33-54(56)63)62(44-22-12-4-13-23-44)45-24-14-5-15-25-45/h1-24,26-39,45H,25H2. The Morgan fingerprint density at radius 2 is 1.05 bits per heavy atom. The van der Waals surface area contributed by atoms with Crippen LogP contribution in [0.25, 0.3) is 43.7 Å². The highest BCUT2D eigenvalue weighted by atomic mass is 16.5. The van der Waals surface area contributed by atoms with Crippen LogP contribution in [0.1, 0.15) is 6.42 Å². The van der Waals surface area contributed by atoms with Crippen LogP contribution in [0.2, 0.25) is 0 Å². The average molecular weight is 824 g/mol. The average Bonchev–Trinajstić information content (AvgIpc) is 3.37. The van der Waals surface area contributed by atoms with Crippen molar-refractivity contribution in [1.29, 1.82) is 0 Å². The van der Waals surface area contributed by atoms with Crippen LogP contribution >= 0.6 is 0 Å². The Balaban J connectivity index is 1.06. The number of allylic oxidation sites excluding steroid dienone is 2. The first-order chi connectivity index (χ1) is 31.7. The molecule has 12 rings (SSSR count). The molecule has 1 aliphatic heterocycles. The number of ether oxygens (including phenoxy) is 1. The Labute approximate surface area is 371 Å². The molecule has 64 heavy (non-hydrogen) atoms. The summed E-state index contributed by atoms with van der Waals surface area (Å²) in [4.78, 5) is 16.9. The zero-order chi connectivity index (χ0) is 42.4. The molecular formula is C58H41N5O. The molecule has 0 fully saturated rings. The van der Waals surface area contributed by atoms with E-state index in [1.807, 2.05) is 0 Å². The van der Waals surface area contributed by atoms with Crippen molar-refractivity contribution in [3.05, 3.63) is 231 Å². The van der Waals surface area contributed by atoms with Gasteiger partial charge in [-0.15, -0.1) is 0 Å². The van der Waals surface area contributed by atoms with Crippen molar-refractivity contribution in [3.63, 3.8) is 0 Å². The minimum absolute atomic E-state index is 0.140. The third kappa shape index (κ3) is 6.52. The van der Waals surface area contributed by atoms with E-state index in [0.717, 1.165) is 102 Å². The Kier molecular flexibility index (Phi) is 9.19. The van der Waals surface area contributed by atoms with E-state index in [0.29, 0.717) is 0 Å². The maximum absolute atomic E-state index is 7.13. The Hall–Kier alpha value is -8.48. The minimum Gasteiger partial charge on any atom is -0.453 e. The van der Waals surface area contributed by atoms with E-state index in [9.17, 15) is 0 Å². The number of nitrogens with zero attached hydrogens (tertiary/aromatic N) is 5. The van der Waals surface area contributed by atoms with Crippen molar-refractivity contribution >= 4 is 78.1 Å². The third-order valence-electron chi connectivity index (χ3n) is 12.4. The lowest BCUT2D eigenvalue weighted by Gasteiger charge is -2.36. The zero-order valence-corrected chi connectivity index (χ0v) is 34.9. The van der Waals surface area contributed by atoms with Crippen molar-refractivity contribution in [1.82, 2.24) is 9.97 Å². The van der Waals surface area contributed by atoms with Crippen LogP contribution in [0.4, 0.5) is 45.5 Å². The van der Waals surface area contributed by atoms with Gasteiger partial charge in [-0.05, 0) is 107 Å². The fourth-order valence-electron chi connectivity index (χ4n) is 9.45. The molecule has 0 radical (unpaired) electrons. The van der Waals surface area contributed by atoms with Gasteiger partial charge in [-0.2, -0.15) is 0 Å². The fourth-order valence-corrected chi connectivity index (χ4v) is 9.45. The Morgan fingerprint density at radius 1 is 0.453 bits per heavy atom. The highest BCUT2D eigenvalue weighted by Gasteiger charge is 2.30. The monoisotopic (exact) mass is 823 g/mol. The van der Waals surface area contributed by atoms with Gasteiger partial charge in [-0.3, -0.25) is 9.97 Å². The van der Waals surface area contributed by atoms with E-state index in [1.54, 1.807) is 12.4 Å². The van der Waals surface area contributed by atoms with Crippen molar-refractivity contribution in [2.24, 2.45) is 0 Å². The maximum atomic E-state index is 7.13. The number of rotatable bonds is 8. The van der Waals surface area contributed by atoms with Crippen LogP contribution in [0.15, 0.2) is 231 Å². The van der Waals surface area contributed by atoms with Crippen molar-refractivity contribution < 1.29 is 4.74 Å². The summed E-state index contributed by atoms with van der Waals surface area (Å²) in [5.74, 6) is 1.52. The Bertz CT molecular complexity index is 3370. The van der Waals surface area contributed by atoms with Gasteiger partial charge in [0.05, 0.1) is 28.5 Å². The summed E-state index contributed by atoms with van der Waals surface area (Å²) in [5, 5.41) is 4.38. The van der Waals surface area contributed by atoms with E-state index < -0.39 is 0 Å². The molecule has 6 heteroatoms. The fraction of sp³-hybridized carbons (Fsp3) is 0.0345. The molecule has 0 saturated heterocycles. The van der Waals surface area contributed by atoms with Gasteiger partial charge in [0.15, 0.2) is 11.5 Å². The summed E-state index contributed by atoms with van der Waals surface area (Å²) in [6.07, 6.45) is 13.3. The quantitative estimate of drug-likeness (QED) is 0.142. The minimum atomic E-state index is 0.140. The molecule has 1 aliphatic carbocycles. The van der Waals surface area contributed by atoms with Gasteiger partial charge in [0, 0.05) is 69.4 Å². The number of fused-ring (bicyclic) bond motifs is 8. The molecule has 1 aromatic heterocycles. The highest BCUT2D eigenvalue weighted by molar-refractivity contribution is 6.24. The van der Waals surface area contributed by atoms with Crippen molar-refractivity contribution in [2.45, 2.75) is 12.5 Å². The van der Waals surface area contributed by atoms with E-state index in [-0.39, 0.29) is 6.04 Å². The predicted molar refractivity (Wildman–Crippen MR) is 265 cm³/mol. The Morgan fingerprint density at radius 3 is 1.70 bits per heavy atom. The van der Waals surface area contributed by atoms with Gasteiger partial charge < -0.3 is 19.4 Å². The summed E-state index contributed by atoms with van der Waals surface area (Å²) in [7, 11) is 0. The third-order valence-corrected chi connectivity index (χ3v) is 12.4. The van der Waals surface area contributed by atoms with Crippen molar-refractivity contribution in [2.75, 3.05) is 14.7 Å². The lowest BCUT2D eigenvalue weighted by molar-refractivity contribution is 0.477. The first-order valence-electron chi connectivity index (χ1n) is 21.7. The largest absolute Gasteiger partial charge is 0.453 e. The zero-order valence-electron chi connectivity index (χ0n) is 34.9. The molecule has 304 valence electrons. The topological polar surface area (TPSA) is 44.7 Å². The number of benzene rings is 9. The molecule has 6 nitrogen and oxygen atoms in total. The molecule has 0 saturated carbocycles. The molecule has 0 bridgehead atoms. The molecule has 2 heterocycles. The maximum Gasteiger partial charge on any atom is 0.153 e. The van der Waals surface area contributed by atoms with Crippen LogP contribution in [0.3, 0.4) is 0 Å². The summed E-state index contributed by atoms with van der Waals surface area (Å²) >= 11 is 0. The molecule has 2 aliphatic rings. The van der Waals surface area contributed by atoms with Crippen LogP contribution in [-0.2, 0) is 0 Å². The van der Waals surface area contributed by atoms with E-state index in [2.05, 4.69) is 233 Å². The first kappa shape index (κ1) is 37.3. The molecular weight excluding hydrogens is 783 g/mol. The number of hydrogen-bond acceptors (Lipinski definition) is 6. The van der Waals surface area contributed by atoms with E-state index in [4.69, 9.17) is 14.7 Å². The molecule has 1 unspecified atom stereocenters. The van der Waals surface area contributed by atoms with Crippen LogP contribution < -0.4 is 19.4 Å². The number of para-hydroxylation sites is 3. The van der Waals surface area contributed by atoms with Crippen molar-refractivity contribution in [3.8, 4) is 22.6 Å². The molecule has 1 atom stereocenters.